The lowest BCUT2D eigenvalue weighted by Gasteiger charge is -2.03. The second-order valence-electron chi connectivity index (χ2n) is 6.45. The molecule has 30 heavy (non-hydrogen) atoms. The van der Waals surface area contributed by atoms with E-state index in [9.17, 15) is 9.59 Å². The highest BCUT2D eigenvalue weighted by Gasteiger charge is 2.16. The molecule has 0 unspecified atom stereocenters. The average Bonchev–Trinajstić information content (AvgIpc) is 3.40. The monoisotopic (exact) mass is 454 g/mol. The highest BCUT2D eigenvalue weighted by molar-refractivity contribution is 7.29. The predicted octanol–water partition coefficient (Wildman–Crippen LogP) is 4.84. The molecule has 0 aliphatic rings. The topological polar surface area (TPSA) is 85.6 Å². The molecule has 7 nitrogen and oxygen atoms in total. The van der Waals surface area contributed by atoms with Crippen LogP contribution in [0.4, 0.5) is 10.8 Å². The summed E-state index contributed by atoms with van der Waals surface area (Å²) < 4.78 is 7.83. The van der Waals surface area contributed by atoms with Crippen molar-refractivity contribution in [2.75, 3.05) is 5.32 Å². The van der Waals surface area contributed by atoms with Crippen LogP contribution in [0, 0.1) is 6.92 Å². The van der Waals surface area contributed by atoms with Gasteiger partial charge in [0.15, 0.2) is 10.1 Å². The van der Waals surface area contributed by atoms with E-state index in [0.29, 0.717) is 15.5 Å². The third-order valence-electron chi connectivity index (χ3n) is 4.30. The molecule has 0 spiro atoms. The van der Waals surface area contributed by atoms with Crippen molar-refractivity contribution in [3.8, 4) is 0 Å². The number of para-hydroxylation sites is 1. The summed E-state index contributed by atoms with van der Waals surface area (Å²) in [5, 5.41) is 5.89. The third kappa shape index (κ3) is 3.60. The van der Waals surface area contributed by atoms with Gasteiger partial charge in [-0.3, -0.25) is 9.20 Å². The molecule has 0 aliphatic heterocycles. The Labute approximate surface area is 182 Å². The van der Waals surface area contributed by atoms with Gasteiger partial charge in [-0.25, -0.2) is 14.8 Å². The van der Waals surface area contributed by atoms with Crippen molar-refractivity contribution in [2.24, 2.45) is 0 Å². The Morgan fingerprint density at radius 3 is 2.80 bits per heavy atom. The van der Waals surface area contributed by atoms with Crippen LogP contribution in [0.3, 0.4) is 0 Å². The Morgan fingerprint density at radius 1 is 1.17 bits per heavy atom. The van der Waals surface area contributed by atoms with Crippen LogP contribution >= 0.6 is 34.0 Å². The van der Waals surface area contributed by atoms with Gasteiger partial charge in [-0.05, 0) is 25.1 Å². The number of ether oxygens (including phenoxy) is 1. The van der Waals surface area contributed by atoms with Crippen LogP contribution in [0.5, 0.6) is 0 Å². The van der Waals surface area contributed by atoms with Crippen LogP contribution < -0.4 is 10.9 Å². The summed E-state index contributed by atoms with van der Waals surface area (Å²) in [5.74, 6) is -0.452. The van der Waals surface area contributed by atoms with Crippen LogP contribution in [-0.4, -0.2) is 20.3 Å². The first-order valence-corrected chi connectivity index (χ1v) is 11.4. The summed E-state index contributed by atoms with van der Waals surface area (Å²) in [4.78, 5) is 35.4. The molecule has 0 amide bonds. The molecule has 10 heteroatoms. The molecule has 0 aliphatic carbocycles. The van der Waals surface area contributed by atoms with Crippen LogP contribution in [-0.2, 0) is 11.3 Å². The first-order chi connectivity index (χ1) is 14.6. The van der Waals surface area contributed by atoms with E-state index < -0.39 is 5.97 Å². The quantitative estimate of drug-likeness (QED) is 0.383. The van der Waals surface area contributed by atoms with E-state index >= 15 is 0 Å². The molecular weight excluding hydrogens is 440 g/mol. The molecule has 0 radical (unpaired) electrons. The Hall–Kier alpha value is -3.08. The number of esters is 1. The average molecular weight is 455 g/mol. The van der Waals surface area contributed by atoms with E-state index in [1.807, 2.05) is 42.6 Å². The number of aryl methyl sites for hydroxylation is 1. The van der Waals surface area contributed by atoms with Gasteiger partial charge in [0.2, 0.25) is 0 Å². The lowest BCUT2D eigenvalue weighted by atomic mass is 10.3. The van der Waals surface area contributed by atoms with Crippen molar-refractivity contribution < 1.29 is 9.53 Å². The number of carbonyl (C=O) groups is 1. The number of nitrogens with zero attached hydrogens (tertiary/aromatic N) is 3. The Kier molecular flexibility index (Phi) is 4.81. The molecular formula is C20H14N4O3S3. The standard InChI is InChI=1S/C20H14N4O3S3/c1-11-10-28-20-22-13(7-16(25)24(11)20)9-27-18(26)15-8-14-17(29-15)23-19(30-14)21-12-5-3-2-4-6-12/h2-8,10H,9H2,1H3,(H,21,23). The zero-order valence-electron chi connectivity index (χ0n) is 15.6. The predicted molar refractivity (Wildman–Crippen MR) is 120 cm³/mol. The van der Waals surface area contributed by atoms with E-state index in [2.05, 4.69) is 15.3 Å². The number of carbonyl (C=O) groups excluding carboxylic acids is 1. The highest BCUT2D eigenvalue weighted by atomic mass is 32.1. The van der Waals surface area contributed by atoms with Crippen LogP contribution in [0.2, 0.25) is 0 Å². The van der Waals surface area contributed by atoms with Gasteiger partial charge < -0.3 is 10.1 Å². The smallest absolute Gasteiger partial charge is 0.348 e. The van der Waals surface area contributed by atoms with E-state index in [1.54, 1.807) is 6.07 Å². The van der Waals surface area contributed by atoms with Crippen LogP contribution in [0.1, 0.15) is 21.1 Å². The fraction of sp³-hybridized carbons (Fsp3) is 0.100. The van der Waals surface area contributed by atoms with Crippen LogP contribution in [0.15, 0.2) is 52.6 Å². The van der Waals surface area contributed by atoms with Crippen molar-refractivity contribution in [2.45, 2.75) is 13.5 Å². The molecule has 5 rings (SSSR count). The van der Waals surface area contributed by atoms with Gasteiger partial charge in [-0.15, -0.1) is 22.7 Å². The maximum Gasteiger partial charge on any atom is 0.348 e. The minimum absolute atomic E-state index is 0.0543. The molecule has 0 fully saturated rings. The van der Waals surface area contributed by atoms with Crippen molar-refractivity contribution in [3.05, 3.63) is 74.5 Å². The molecule has 5 aromatic rings. The first kappa shape index (κ1) is 18.9. The second-order valence-corrected chi connectivity index (χ2v) is 9.34. The fourth-order valence-corrected chi connectivity index (χ4v) is 5.84. The maximum absolute atomic E-state index is 12.5. The number of hydrogen-bond donors (Lipinski definition) is 1. The van der Waals surface area contributed by atoms with Gasteiger partial charge >= 0.3 is 5.97 Å². The number of rotatable bonds is 5. The molecule has 0 atom stereocenters. The van der Waals surface area contributed by atoms with Gasteiger partial charge in [0, 0.05) is 22.8 Å². The minimum atomic E-state index is -0.452. The number of thiophene rings is 1. The largest absolute Gasteiger partial charge is 0.455 e. The number of benzene rings is 1. The molecule has 1 aromatic carbocycles. The lowest BCUT2D eigenvalue weighted by molar-refractivity contribution is 0.0473. The molecule has 4 heterocycles. The second kappa shape index (κ2) is 7.63. The van der Waals surface area contributed by atoms with Crippen molar-refractivity contribution >= 4 is 65.3 Å². The van der Waals surface area contributed by atoms with E-state index in [0.717, 1.165) is 26.0 Å². The summed E-state index contributed by atoms with van der Waals surface area (Å²) in [7, 11) is 0. The van der Waals surface area contributed by atoms with E-state index in [1.165, 1.54) is 44.5 Å². The zero-order valence-corrected chi connectivity index (χ0v) is 18.1. The van der Waals surface area contributed by atoms with Gasteiger partial charge in [-0.2, -0.15) is 0 Å². The maximum atomic E-state index is 12.5. The van der Waals surface area contributed by atoms with Gasteiger partial charge in [0.1, 0.15) is 16.3 Å². The molecule has 0 bridgehead atoms. The summed E-state index contributed by atoms with van der Waals surface area (Å²) in [6, 6.07) is 13.0. The fourth-order valence-electron chi connectivity index (χ4n) is 2.92. The van der Waals surface area contributed by atoms with Crippen molar-refractivity contribution in [3.63, 3.8) is 0 Å². The molecule has 150 valence electrons. The molecule has 1 N–H and O–H groups in total. The van der Waals surface area contributed by atoms with Gasteiger partial charge in [0.05, 0.1) is 10.4 Å². The van der Waals surface area contributed by atoms with Crippen molar-refractivity contribution in [1.29, 1.82) is 0 Å². The number of nitrogens with one attached hydrogen (secondary N) is 1. The number of thiazole rings is 2. The van der Waals surface area contributed by atoms with Crippen molar-refractivity contribution in [1.82, 2.24) is 14.4 Å². The lowest BCUT2D eigenvalue weighted by Crippen LogP contribution is -2.16. The number of aromatic nitrogens is 3. The normalized spacial score (nSPS) is 11.2. The van der Waals surface area contributed by atoms with E-state index in [-0.39, 0.29) is 12.2 Å². The minimum Gasteiger partial charge on any atom is -0.455 e. The number of fused-ring (bicyclic) bond motifs is 2. The van der Waals surface area contributed by atoms with Gasteiger partial charge in [0.25, 0.3) is 5.56 Å². The third-order valence-corrected chi connectivity index (χ3v) is 7.29. The van der Waals surface area contributed by atoms with E-state index in [4.69, 9.17) is 4.74 Å². The highest BCUT2D eigenvalue weighted by Crippen LogP contribution is 2.34. The summed E-state index contributed by atoms with van der Waals surface area (Å²) in [6.07, 6.45) is 0. The summed E-state index contributed by atoms with van der Waals surface area (Å²) in [5.41, 5.74) is 2.05. The van der Waals surface area contributed by atoms with Gasteiger partial charge in [-0.1, -0.05) is 29.5 Å². The first-order valence-electron chi connectivity index (χ1n) is 8.93. The molecule has 0 saturated carbocycles. The number of anilines is 2. The Balaban J connectivity index is 1.29. The Morgan fingerprint density at radius 2 is 2.00 bits per heavy atom. The molecule has 0 saturated heterocycles. The molecule has 4 aromatic heterocycles. The zero-order chi connectivity index (χ0) is 20.7. The summed E-state index contributed by atoms with van der Waals surface area (Å²) >= 11 is 4.14. The summed E-state index contributed by atoms with van der Waals surface area (Å²) in [6.45, 7) is 1.80. The Bertz CT molecular complexity index is 1400. The number of hydrogen-bond acceptors (Lipinski definition) is 9. The van der Waals surface area contributed by atoms with Crippen LogP contribution in [0.25, 0.3) is 14.5 Å². The SMILES string of the molecule is Cc1csc2nc(COC(=O)c3cc4sc(Nc5ccccc5)nc4s3)cc(=O)n12.